The van der Waals surface area contributed by atoms with Crippen molar-refractivity contribution in [1.82, 2.24) is 4.90 Å². The summed E-state index contributed by atoms with van der Waals surface area (Å²) in [5.74, 6) is 0. The normalized spacial score (nSPS) is 15.4. The predicted octanol–water partition coefficient (Wildman–Crippen LogP) is 5.40. The molecule has 26 heavy (non-hydrogen) atoms. The molecule has 0 fully saturated rings. The number of rotatable bonds is 8. The Morgan fingerprint density at radius 2 is 1.46 bits per heavy atom. The SMILES string of the molecule is CCN(CC)CCCC(C)OC1c2ccccc2CCc2ccccc21. The Morgan fingerprint density at radius 3 is 2.00 bits per heavy atom. The Bertz CT molecular complexity index is 645. The van der Waals surface area contributed by atoms with Crippen LogP contribution in [0.2, 0.25) is 0 Å². The van der Waals surface area contributed by atoms with Crippen molar-refractivity contribution in [3.05, 3.63) is 70.8 Å². The number of hydrogen-bond acceptors (Lipinski definition) is 2. The summed E-state index contributed by atoms with van der Waals surface area (Å²) in [5.41, 5.74) is 5.58. The molecule has 2 aromatic rings. The van der Waals surface area contributed by atoms with Gasteiger partial charge in [-0.25, -0.2) is 0 Å². The van der Waals surface area contributed by atoms with Crippen LogP contribution in [0.3, 0.4) is 0 Å². The second kappa shape index (κ2) is 9.34. The van der Waals surface area contributed by atoms with E-state index in [1.807, 2.05) is 0 Å². The van der Waals surface area contributed by atoms with Crippen LogP contribution in [0.25, 0.3) is 0 Å². The third kappa shape index (κ3) is 4.55. The molecule has 0 amide bonds. The first-order valence-electron chi connectivity index (χ1n) is 10.3. The van der Waals surface area contributed by atoms with Crippen molar-refractivity contribution in [3.63, 3.8) is 0 Å². The molecule has 0 aromatic heterocycles. The molecule has 1 atom stereocenters. The van der Waals surface area contributed by atoms with Gasteiger partial charge in [-0.2, -0.15) is 0 Å². The highest BCUT2D eigenvalue weighted by Gasteiger charge is 2.25. The van der Waals surface area contributed by atoms with Gasteiger partial charge >= 0.3 is 0 Å². The summed E-state index contributed by atoms with van der Waals surface area (Å²) in [4.78, 5) is 2.49. The first-order valence-corrected chi connectivity index (χ1v) is 10.3. The number of nitrogens with zero attached hydrogens (tertiary/aromatic N) is 1. The third-order valence-corrected chi connectivity index (χ3v) is 5.69. The Kier molecular flexibility index (Phi) is 6.87. The summed E-state index contributed by atoms with van der Waals surface area (Å²) < 4.78 is 6.65. The lowest BCUT2D eigenvalue weighted by molar-refractivity contribution is 0.0121. The van der Waals surface area contributed by atoms with E-state index >= 15 is 0 Å². The van der Waals surface area contributed by atoms with Crippen LogP contribution in [0.15, 0.2) is 48.5 Å². The predicted molar refractivity (Wildman–Crippen MR) is 110 cm³/mol. The molecule has 0 aliphatic heterocycles. The number of hydrogen-bond donors (Lipinski definition) is 0. The molecule has 1 aliphatic carbocycles. The maximum Gasteiger partial charge on any atom is 0.108 e. The van der Waals surface area contributed by atoms with Gasteiger partial charge in [-0.15, -0.1) is 0 Å². The Morgan fingerprint density at radius 1 is 0.923 bits per heavy atom. The average Bonchev–Trinajstić information content (AvgIpc) is 2.83. The van der Waals surface area contributed by atoms with E-state index in [1.165, 1.54) is 35.2 Å². The van der Waals surface area contributed by atoms with E-state index in [2.05, 4.69) is 74.2 Å². The molecule has 0 heterocycles. The zero-order chi connectivity index (χ0) is 18.4. The molecule has 1 aliphatic rings. The van der Waals surface area contributed by atoms with Gasteiger partial charge in [-0.05, 0) is 74.5 Å². The van der Waals surface area contributed by atoms with Crippen molar-refractivity contribution in [2.75, 3.05) is 19.6 Å². The van der Waals surface area contributed by atoms with E-state index in [-0.39, 0.29) is 12.2 Å². The highest BCUT2D eigenvalue weighted by atomic mass is 16.5. The van der Waals surface area contributed by atoms with Crippen molar-refractivity contribution in [2.45, 2.75) is 58.7 Å². The van der Waals surface area contributed by atoms with Crippen molar-refractivity contribution in [2.24, 2.45) is 0 Å². The molecule has 140 valence electrons. The van der Waals surface area contributed by atoms with Crippen LogP contribution in [-0.4, -0.2) is 30.6 Å². The third-order valence-electron chi connectivity index (χ3n) is 5.69. The molecule has 3 rings (SSSR count). The van der Waals surface area contributed by atoms with Crippen molar-refractivity contribution in [3.8, 4) is 0 Å². The van der Waals surface area contributed by atoms with Crippen LogP contribution >= 0.6 is 0 Å². The highest BCUT2D eigenvalue weighted by molar-refractivity contribution is 5.43. The Hall–Kier alpha value is -1.64. The molecule has 2 heteroatoms. The van der Waals surface area contributed by atoms with E-state index in [9.17, 15) is 0 Å². The van der Waals surface area contributed by atoms with Crippen LogP contribution in [0.1, 0.15) is 62.0 Å². The molecule has 1 unspecified atom stereocenters. The summed E-state index contributed by atoms with van der Waals surface area (Å²) in [5, 5.41) is 0. The smallest absolute Gasteiger partial charge is 0.108 e. The van der Waals surface area contributed by atoms with Gasteiger partial charge in [0.2, 0.25) is 0 Å². The minimum absolute atomic E-state index is 0.0633. The maximum absolute atomic E-state index is 6.65. The Balaban J connectivity index is 1.74. The molecular formula is C24H33NO. The zero-order valence-corrected chi connectivity index (χ0v) is 16.6. The van der Waals surface area contributed by atoms with Gasteiger partial charge in [-0.1, -0.05) is 62.4 Å². The van der Waals surface area contributed by atoms with E-state index in [0.717, 1.165) is 32.4 Å². The second-order valence-corrected chi connectivity index (χ2v) is 7.39. The van der Waals surface area contributed by atoms with Crippen LogP contribution in [0.5, 0.6) is 0 Å². The number of ether oxygens (including phenoxy) is 1. The lowest BCUT2D eigenvalue weighted by Gasteiger charge is -2.26. The fourth-order valence-corrected chi connectivity index (χ4v) is 4.06. The van der Waals surface area contributed by atoms with Crippen LogP contribution in [-0.2, 0) is 17.6 Å². The fourth-order valence-electron chi connectivity index (χ4n) is 4.06. The van der Waals surface area contributed by atoms with Crippen LogP contribution in [0, 0.1) is 0 Å². The Labute approximate surface area is 159 Å². The van der Waals surface area contributed by atoms with Crippen LogP contribution < -0.4 is 0 Å². The number of aryl methyl sites for hydroxylation is 2. The topological polar surface area (TPSA) is 12.5 Å². The largest absolute Gasteiger partial charge is 0.366 e. The monoisotopic (exact) mass is 351 g/mol. The molecule has 0 saturated carbocycles. The van der Waals surface area contributed by atoms with Crippen molar-refractivity contribution < 1.29 is 4.74 Å². The van der Waals surface area contributed by atoms with E-state index < -0.39 is 0 Å². The highest BCUT2D eigenvalue weighted by Crippen LogP contribution is 2.36. The molecule has 0 spiro atoms. The first-order chi connectivity index (χ1) is 12.7. The van der Waals surface area contributed by atoms with Gasteiger partial charge in [0.15, 0.2) is 0 Å². The van der Waals surface area contributed by atoms with Gasteiger partial charge in [-0.3, -0.25) is 0 Å². The summed E-state index contributed by atoms with van der Waals surface area (Å²) in [6, 6.07) is 17.6. The van der Waals surface area contributed by atoms with Crippen molar-refractivity contribution in [1.29, 1.82) is 0 Å². The summed E-state index contributed by atoms with van der Waals surface area (Å²) in [6.07, 6.45) is 4.83. The molecule has 0 N–H and O–H groups in total. The minimum Gasteiger partial charge on any atom is -0.366 e. The quantitative estimate of drug-likeness (QED) is 0.631. The van der Waals surface area contributed by atoms with Crippen LogP contribution in [0.4, 0.5) is 0 Å². The first kappa shape index (κ1) is 19.1. The average molecular weight is 352 g/mol. The number of benzene rings is 2. The molecule has 2 nitrogen and oxygen atoms in total. The molecule has 0 bridgehead atoms. The summed E-state index contributed by atoms with van der Waals surface area (Å²) in [7, 11) is 0. The van der Waals surface area contributed by atoms with Gasteiger partial charge in [0.1, 0.15) is 6.10 Å². The van der Waals surface area contributed by atoms with Gasteiger partial charge < -0.3 is 9.64 Å². The van der Waals surface area contributed by atoms with Crippen molar-refractivity contribution >= 4 is 0 Å². The summed E-state index contributed by atoms with van der Waals surface area (Å²) in [6.45, 7) is 10.1. The molecular weight excluding hydrogens is 318 g/mol. The second-order valence-electron chi connectivity index (χ2n) is 7.39. The van der Waals surface area contributed by atoms with E-state index in [0.29, 0.717) is 0 Å². The molecule has 0 saturated heterocycles. The van der Waals surface area contributed by atoms with E-state index in [1.54, 1.807) is 0 Å². The molecule has 0 radical (unpaired) electrons. The fraction of sp³-hybridized carbons (Fsp3) is 0.500. The standard InChI is InChI=1S/C24H33NO/c1-4-25(5-2)18-10-11-19(3)26-24-22-14-8-6-12-20(22)16-17-21-13-7-9-15-23(21)24/h6-9,12-15,19,24H,4-5,10-11,16-18H2,1-3H3. The van der Waals surface area contributed by atoms with Gasteiger partial charge in [0, 0.05) is 0 Å². The summed E-state index contributed by atoms with van der Waals surface area (Å²) >= 11 is 0. The maximum atomic E-state index is 6.65. The molecule has 2 aromatic carbocycles. The van der Waals surface area contributed by atoms with Gasteiger partial charge in [0.05, 0.1) is 6.10 Å². The zero-order valence-electron chi connectivity index (χ0n) is 16.6. The lowest BCUT2D eigenvalue weighted by Crippen LogP contribution is -2.25. The minimum atomic E-state index is 0.0633. The number of fused-ring (bicyclic) bond motifs is 2. The van der Waals surface area contributed by atoms with E-state index in [4.69, 9.17) is 4.74 Å². The van der Waals surface area contributed by atoms with Gasteiger partial charge in [0.25, 0.3) is 0 Å². The lowest BCUT2D eigenvalue weighted by atomic mass is 9.96.